The Morgan fingerprint density at radius 2 is 1.27 bits per heavy atom. The van der Waals surface area contributed by atoms with Gasteiger partial charge in [-0.15, -0.1) is 0 Å². The van der Waals surface area contributed by atoms with Crippen LogP contribution in [0.1, 0.15) is 34.1 Å². The van der Waals surface area contributed by atoms with E-state index in [9.17, 15) is 9.59 Å². The molecule has 0 radical (unpaired) electrons. The van der Waals surface area contributed by atoms with Crippen molar-refractivity contribution in [1.82, 2.24) is 4.90 Å². The first-order chi connectivity index (χ1) is 14.7. The lowest BCUT2D eigenvalue weighted by molar-refractivity contribution is -0.0117. The SMILES string of the molecule is CCCOCCOCCOCCOCCOCCN(C)C(=O)c1ccccc1C=O. The van der Waals surface area contributed by atoms with Gasteiger partial charge in [0.15, 0.2) is 6.29 Å². The van der Waals surface area contributed by atoms with Gasteiger partial charge in [-0.3, -0.25) is 9.59 Å². The average molecular weight is 426 g/mol. The van der Waals surface area contributed by atoms with Crippen LogP contribution < -0.4 is 0 Å². The van der Waals surface area contributed by atoms with Gasteiger partial charge >= 0.3 is 0 Å². The molecule has 0 N–H and O–H groups in total. The van der Waals surface area contributed by atoms with Crippen molar-refractivity contribution in [1.29, 1.82) is 0 Å². The number of hydrogen-bond acceptors (Lipinski definition) is 7. The number of benzene rings is 1. The summed E-state index contributed by atoms with van der Waals surface area (Å²) in [6.45, 7) is 7.83. The van der Waals surface area contributed by atoms with Crippen LogP contribution in [0.15, 0.2) is 24.3 Å². The standard InChI is InChI=1S/C22H35NO7/c1-3-9-26-11-13-28-15-17-30-18-16-29-14-12-27-10-8-23(2)22(25)21-7-5-4-6-20(21)19-24/h4-7,19H,3,8-18H2,1-2H3. The zero-order chi connectivity index (χ0) is 21.9. The molecule has 0 heterocycles. The largest absolute Gasteiger partial charge is 0.379 e. The Labute approximate surface area is 179 Å². The second kappa shape index (κ2) is 18.0. The number of ether oxygens (including phenoxy) is 5. The van der Waals surface area contributed by atoms with Crippen LogP contribution in [0, 0.1) is 0 Å². The number of rotatable bonds is 19. The topological polar surface area (TPSA) is 83.5 Å². The molecular formula is C22H35NO7. The van der Waals surface area contributed by atoms with Gasteiger partial charge in [0, 0.05) is 25.8 Å². The predicted octanol–water partition coefficient (Wildman–Crippen LogP) is 2.06. The minimum absolute atomic E-state index is 0.202. The van der Waals surface area contributed by atoms with Crippen LogP contribution in [0.3, 0.4) is 0 Å². The van der Waals surface area contributed by atoms with E-state index in [0.717, 1.165) is 13.0 Å². The van der Waals surface area contributed by atoms with E-state index >= 15 is 0 Å². The van der Waals surface area contributed by atoms with E-state index in [4.69, 9.17) is 23.7 Å². The molecule has 8 heteroatoms. The van der Waals surface area contributed by atoms with Crippen molar-refractivity contribution in [2.75, 3.05) is 79.7 Å². The molecule has 170 valence electrons. The summed E-state index contributed by atoms with van der Waals surface area (Å²) >= 11 is 0. The highest BCUT2D eigenvalue weighted by Gasteiger charge is 2.14. The number of nitrogens with zero attached hydrogens (tertiary/aromatic N) is 1. The lowest BCUT2D eigenvalue weighted by Gasteiger charge is -2.18. The third-order valence-electron chi connectivity index (χ3n) is 4.07. The molecule has 1 rings (SSSR count). The lowest BCUT2D eigenvalue weighted by atomic mass is 10.1. The van der Waals surface area contributed by atoms with Crippen LogP contribution >= 0.6 is 0 Å². The van der Waals surface area contributed by atoms with E-state index in [0.29, 0.717) is 83.4 Å². The third-order valence-corrected chi connectivity index (χ3v) is 4.07. The van der Waals surface area contributed by atoms with E-state index in [-0.39, 0.29) is 5.91 Å². The monoisotopic (exact) mass is 425 g/mol. The summed E-state index contributed by atoms with van der Waals surface area (Å²) in [5.74, 6) is -0.202. The van der Waals surface area contributed by atoms with Crippen LogP contribution in [0.5, 0.6) is 0 Å². The van der Waals surface area contributed by atoms with E-state index in [1.807, 2.05) is 0 Å². The molecule has 0 atom stereocenters. The van der Waals surface area contributed by atoms with E-state index in [2.05, 4.69) is 6.92 Å². The van der Waals surface area contributed by atoms with E-state index in [1.165, 1.54) is 4.90 Å². The zero-order valence-electron chi connectivity index (χ0n) is 18.2. The normalized spacial score (nSPS) is 10.9. The van der Waals surface area contributed by atoms with Gasteiger partial charge in [-0.05, 0) is 12.5 Å². The average Bonchev–Trinajstić information content (AvgIpc) is 2.78. The highest BCUT2D eigenvalue weighted by Crippen LogP contribution is 2.09. The Balaban J connectivity index is 1.92. The van der Waals surface area contributed by atoms with Gasteiger partial charge in [0.1, 0.15) is 0 Å². The first kappa shape index (κ1) is 26.2. The smallest absolute Gasteiger partial charge is 0.254 e. The van der Waals surface area contributed by atoms with E-state index in [1.54, 1.807) is 31.3 Å². The molecule has 0 unspecified atom stereocenters. The predicted molar refractivity (Wildman–Crippen MR) is 113 cm³/mol. The molecule has 30 heavy (non-hydrogen) atoms. The summed E-state index contributed by atoms with van der Waals surface area (Å²) in [6, 6.07) is 6.74. The fourth-order valence-electron chi connectivity index (χ4n) is 2.43. The summed E-state index contributed by atoms with van der Waals surface area (Å²) in [5, 5.41) is 0. The van der Waals surface area contributed by atoms with Crippen molar-refractivity contribution in [3.8, 4) is 0 Å². The van der Waals surface area contributed by atoms with Crippen molar-refractivity contribution in [3.05, 3.63) is 35.4 Å². The summed E-state index contributed by atoms with van der Waals surface area (Å²) in [6.07, 6.45) is 1.71. The van der Waals surface area contributed by atoms with Crippen molar-refractivity contribution in [2.45, 2.75) is 13.3 Å². The van der Waals surface area contributed by atoms with Gasteiger partial charge in [0.2, 0.25) is 0 Å². The van der Waals surface area contributed by atoms with Gasteiger partial charge in [-0.1, -0.05) is 25.1 Å². The fraction of sp³-hybridized carbons (Fsp3) is 0.636. The molecule has 0 bridgehead atoms. The Morgan fingerprint density at radius 3 is 1.77 bits per heavy atom. The number of aldehydes is 1. The maximum Gasteiger partial charge on any atom is 0.254 e. The molecule has 1 aromatic carbocycles. The Hall–Kier alpha value is -1.84. The summed E-state index contributed by atoms with van der Waals surface area (Å²) in [5.41, 5.74) is 0.784. The molecular weight excluding hydrogens is 390 g/mol. The van der Waals surface area contributed by atoms with Gasteiger partial charge < -0.3 is 28.6 Å². The molecule has 0 aromatic heterocycles. The molecule has 8 nitrogen and oxygen atoms in total. The molecule has 0 aliphatic rings. The Morgan fingerprint density at radius 1 is 0.800 bits per heavy atom. The minimum Gasteiger partial charge on any atom is -0.379 e. The van der Waals surface area contributed by atoms with E-state index < -0.39 is 0 Å². The number of hydrogen-bond donors (Lipinski definition) is 0. The Bertz CT molecular complexity index is 582. The minimum atomic E-state index is -0.202. The molecule has 0 saturated heterocycles. The third kappa shape index (κ3) is 12.0. The molecule has 1 aromatic rings. The van der Waals surface area contributed by atoms with Crippen molar-refractivity contribution >= 4 is 12.2 Å². The summed E-state index contributed by atoms with van der Waals surface area (Å²) < 4.78 is 27.0. The maximum atomic E-state index is 12.4. The first-order valence-electron chi connectivity index (χ1n) is 10.4. The maximum absolute atomic E-state index is 12.4. The van der Waals surface area contributed by atoms with Gasteiger partial charge in [-0.2, -0.15) is 0 Å². The second-order valence-electron chi connectivity index (χ2n) is 6.49. The van der Waals surface area contributed by atoms with Crippen molar-refractivity contribution in [3.63, 3.8) is 0 Å². The quantitative estimate of drug-likeness (QED) is 0.248. The number of likely N-dealkylation sites (N-methyl/N-ethyl adjacent to an activating group) is 1. The highest BCUT2D eigenvalue weighted by molar-refractivity contribution is 6.01. The highest BCUT2D eigenvalue weighted by atomic mass is 16.6. The van der Waals surface area contributed by atoms with Crippen LogP contribution in [0.2, 0.25) is 0 Å². The summed E-state index contributed by atoms with van der Waals surface area (Å²) in [7, 11) is 1.68. The van der Waals surface area contributed by atoms with Crippen LogP contribution in [-0.4, -0.2) is 96.8 Å². The van der Waals surface area contributed by atoms with Crippen LogP contribution in [0.25, 0.3) is 0 Å². The van der Waals surface area contributed by atoms with Crippen LogP contribution in [-0.2, 0) is 23.7 Å². The fourth-order valence-corrected chi connectivity index (χ4v) is 2.43. The molecule has 0 fully saturated rings. The Kier molecular flexibility index (Phi) is 15.7. The molecule has 1 amide bonds. The first-order valence-corrected chi connectivity index (χ1v) is 10.4. The van der Waals surface area contributed by atoms with Gasteiger partial charge in [-0.25, -0.2) is 0 Å². The van der Waals surface area contributed by atoms with Gasteiger partial charge in [0.05, 0.1) is 65.0 Å². The number of carbonyl (C=O) groups is 2. The van der Waals surface area contributed by atoms with Gasteiger partial charge in [0.25, 0.3) is 5.91 Å². The molecule has 0 spiro atoms. The summed E-state index contributed by atoms with van der Waals surface area (Å²) in [4.78, 5) is 25.0. The van der Waals surface area contributed by atoms with Crippen molar-refractivity contribution < 1.29 is 33.3 Å². The molecule has 0 aliphatic heterocycles. The molecule has 0 saturated carbocycles. The zero-order valence-corrected chi connectivity index (χ0v) is 18.2. The number of amides is 1. The number of carbonyl (C=O) groups excluding carboxylic acids is 2. The lowest BCUT2D eigenvalue weighted by Crippen LogP contribution is -2.31. The van der Waals surface area contributed by atoms with Crippen LogP contribution in [0.4, 0.5) is 0 Å². The molecule has 0 aliphatic carbocycles. The second-order valence-corrected chi connectivity index (χ2v) is 6.49. The van der Waals surface area contributed by atoms with Crippen molar-refractivity contribution in [2.24, 2.45) is 0 Å².